The van der Waals surface area contributed by atoms with Crippen LogP contribution in [0.25, 0.3) is 10.9 Å². The fraction of sp³-hybridized carbons (Fsp3) is 0.565. The van der Waals surface area contributed by atoms with Gasteiger partial charge in [0.25, 0.3) is 0 Å². The molecule has 1 aromatic carbocycles. The van der Waals surface area contributed by atoms with E-state index in [4.69, 9.17) is 4.74 Å². The van der Waals surface area contributed by atoms with Gasteiger partial charge in [0.2, 0.25) is 5.91 Å². The molecule has 1 aliphatic heterocycles. The number of amides is 1. The molecule has 0 radical (unpaired) electrons. The van der Waals surface area contributed by atoms with Gasteiger partial charge in [-0.2, -0.15) is 0 Å². The fourth-order valence-electron chi connectivity index (χ4n) is 3.73. The average molecular weight is 541 g/mol. The number of halogens is 1. The van der Waals surface area contributed by atoms with Gasteiger partial charge in [-0.15, -0.1) is 24.0 Å². The zero-order valence-corrected chi connectivity index (χ0v) is 21.2. The number of hydrogen-bond donors (Lipinski definition) is 3. The molecule has 8 heteroatoms. The van der Waals surface area contributed by atoms with E-state index in [0.29, 0.717) is 12.5 Å². The van der Waals surface area contributed by atoms with Crippen molar-refractivity contribution in [3.8, 4) is 0 Å². The Morgan fingerprint density at radius 3 is 2.81 bits per heavy atom. The van der Waals surface area contributed by atoms with Gasteiger partial charge in [-0.1, -0.05) is 25.1 Å². The summed E-state index contributed by atoms with van der Waals surface area (Å²) in [4.78, 5) is 21.4. The number of likely N-dealkylation sites (N-methyl/N-ethyl adjacent to an activating group) is 1. The summed E-state index contributed by atoms with van der Waals surface area (Å²) >= 11 is 0. The lowest BCUT2D eigenvalue weighted by atomic mass is 10.1. The van der Waals surface area contributed by atoms with E-state index in [0.717, 1.165) is 38.8 Å². The summed E-state index contributed by atoms with van der Waals surface area (Å²) in [5, 5.41) is 8.02. The summed E-state index contributed by atoms with van der Waals surface area (Å²) < 4.78 is 5.80. The molecule has 3 N–H and O–H groups in total. The van der Waals surface area contributed by atoms with E-state index in [1.165, 1.54) is 28.5 Å². The van der Waals surface area contributed by atoms with Crippen LogP contribution in [0.5, 0.6) is 0 Å². The van der Waals surface area contributed by atoms with E-state index < -0.39 is 0 Å². The van der Waals surface area contributed by atoms with Crippen LogP contribution in [0.15, 0.2) is 29.4 Å². The number of hydrogen-bond acceptors (Lipinski definition) is 3. The molecular formula is C23H36IN5O2. The van der Waals surface area contributed by atoms with Gasteiger partial charge >= 0.3 is 0 Å². The molecule has 0 spiro atoms. The number of fused-ring (bicyclic) bond motifs is 1. The predicted molar refractivity (Wildman–Crippen MR) is 137 cm³/mol. The third-order valence-corrected chi connectivity index (χ3v) is 5.60. The highest BCUT2D eigenvalue weighted by Crippen LogP contribution is 2.22. The van der Waals surface area contributed by atoms with Crippen molar-refractivity contribution in [3.05, 3.63) is 35.5 Å². The number of carbonyl (C=O) groups is 1. The quantitative estimate of drug-likeness (QED) is 0.273. The Morgan fingerprint density at radius 1 is 1.26 bits per heavy atom. The first-order chi connectivity index (χ1) is 14.6. The van der Waals surface area contributed by atoms with Gasteiger partial charge in [-0.25, -0.2) is 4.99 Å². The molecule has 1 amide bonds. The van der Waals surface area contributed by atoms with Crippen molar-refractivity contribution in [2.75, 3.05) is 40.3 Å². The van der Waals surface area contributed by atoms with Gasteiger partial charge in [0, 0.05) is 50.9 Å². The summed E-state index contributed by atoms with van der Waals surface area (Å²) in [5.41, 5.74) is 3.85. The van der Waals surface area contributed by atoms with Crippen LogP contribution in [0.1, 0.15) is 37.3 Å². The number of H-pyrrole nitrogens is 1. The Hall–Kier alpha value is -1.81. The number of carbonyl (C=O) groups excluding carboxylic acids is 1. The molecule has 1 fully saturated rings. The molecule has 1 aliphatic rings. The number of benzene rings is 1. The summed E-state index contributed by atoms with van der Waals surface area (Å²) in [6.07, 6.45) is 7.59. The number of para-hydroxylation sites is 1. The minimum absolute atomic E-state index is 0. The normalized spacial score (nSPS) is 16.6. The van der Waals surface area contributed by atoms with E-state index in [2.05, 4.69) is 51.9 Å². The Kier molecular flexibility index (Phi) is 10.6. The maximum Gasteiger partial charge on any atom is 0.243 e. The van der Waals surface area contributed by atoms with Crippen molar-refractivity contribution in [2.24, 2.45) is 4.99 Å². The lowest BCUT2D eigenvalue weighted by Gasteiger charge is -2.24. The van der Waals surface area contributed by atoms with Crippen molar-refractivity contribution in [1.82, 2.24) is 20.5 Å². The largest absolute Gasteiger partial charge is 0.376 e. The Balaban J connectivity index is 0.00000341. The van der Waals surface area contributed by atoms with Crippen LogP contribution in [-0.4, -0.2) is 68.2 Å². The monoisotopic (exact) mass is 541 g/mol. The van der Waals surface area contributed by atoms with E-state index in [9.17, 15) is 4.79 Å². The molecule has 31 heavy (non-hydrogen) atoms. The van der Waals surface area contributed by atoms with Crippen molar-refractivity contribution in [1.29, 1.82) is 0 Å². The lowest BCUT2D eigenvalue weighted by molar-refractivity contribution is -0.127. The van der Waals surface area contributed by atoms with Crippen LogP contribution in [0, 0.1) is 0 Å². The van der Waals surface area contributed by atoms with Crippen LogP contribution in [-0.2, 0) is 22.4 Å². The second-order valence-electron chi connectivity index (χ2n) is 8.01. The Labute approximate surface area is 202 Å². The summed E-state index contributed by atoms with van der Waals surface area (Å²) in [6.45, 7) is 4.56. The number of rotatable bonds is 8. The minimum Gasteiger partial charge on any atom is -0.376 e. The van der Waals surface area contributed by atoms with Gasteiger partial charge in [-0.3, -0.25) is 4.79 Å². The van der Waals surface area contributed by atoms with Crippen molar-refractivity contribution in [2.45, 2.75) is 45.1 Å². The number of aromatic nitrogens is 1. The van der Waals surface area contributed by atoms with Crippen LogP contribution in [0.3, 0.4) is 0 Å². The first-order valence-corrected chi connectivity index (χ1v) is 11.0. The molecule has 2 aromatic rings. The van der Waals surface area contributed by atoms with E-state index in [1.807, 2.05) is 0 Å². The zero-order valence-electron chi connectivity index (χ0n) is 18.9. The van der Waals surface area contributed by atoms with Crippen LogP contribution in [0.2, 0.25) is 0 Å². The van der Waals surface area contributed by atoms with Gasteiger partial charge in [0.15, 0.2) is 5.96 Å². The molecule has 1 unspecified atom stereocenters. The van der Waals surface area contributed by atoms with Gasteiger partial charge in [0.1, 0.15) is 6.54 Å². The molecule has 1 atom stereocenters. The second-order valence-corrected chi connectivity index (χ2v) is 8.01. The van der Waals surface area contributed by atoms with Gasteiger partial charge in [-0.05, 0) is 43.2 Å². The van der Waals surface area contributed by atoms with Crippen LogP contribution in [0.4, 0.5) is 0 Å². The summed E-state index contributed by atoms with van der Waals surface area (Å²) in [7, 11) is 3.49. The molecule has 7 nitrogen and oxygen atoms in total. The Bertz CT molecular complexity index is 859. The second kappa shape index (κ2) is 12.9. The van der Waals surface area contributed by atoms with Crippen LogP contribution < -0.4 is 10.6 Å². The molecular weight excluding hydrogens is 505 g/mol. The molecule has 1 saturated heterocycles. The smallest absolute Gasteiger partial charge is 0.243 e. The standard InChI is InChI=1S/C23H35N5O2.HI/c1-4-17-8-7-10-20-18(14-25-22(17)20)11-12-24-23(27-16-21(29)28(2)3)26-15-19-9-5-6-13-30-19;/h7-8,10,14,19,25H,4-6,9,11-13,15-16H2,1-3H3,(H2,24,26,27);1H. The molecule has 3 rings (SSSR count). The molecule has 0 bridgehead atoms. The van der Waals surface area contributed by atoms with Gasteiger partial charge in [0.05, 0.1) is 6.10 Å². The topological polar surface area (TPSA) is 81.8 Å². The van der Waals surface area contributed by atoms with E-state index in [-0.39, 0.29) is 42.5 Å². The highest BCUT2D eigenvalue weighted by atomic mass is 127. The van der Waals surface area contributed by atoms with Crippen molar-refractivity contribution >= 4 is 46.7 Å². The van der Waals surface area contributed by atoms with E-state index in [1.54, 1.807) is 19.0 Å². The summed E-state index contributed by atoms with van der Waals surface area (Å²) in [6, 6.07) is 6.46. The van der Waals surface area contributed by atoms with Crippen LogP contribution >= 0.6 is 24.0 Å². The first kappa shape index (κ1) is 25.5. The zero-order chi connectivity index (χ0) is 21.3. The number of nitrogens with zero attached hydrogens (tertiary/aromatic N) is 2. The molecule has 1 aromatic heterocycles. The summed E-state index contributed by atoms with van der Waals surface area (Å²) in [5.74, 6) is 0.641. The third-order valence-electron chi connectivity index (χ3n) is 5.60. The number of nitrogens with one attached hydrogen (secondary N) is 3. The minimum atomic E-state index is -0.0197. The predicted octanol–water partition coefficient (Wildman–Crippen LogP) is 3.08. The SMILES string of the molecule is CCc1cccc2c(CCNC(=NCC(=O)N(C)C)NCC3CCCCO3)c[nH]c12.I. The number of aliphatic imine (C=N–C) groups is 1. The molecule has 0 aliphatic carbocycles. The molecule has 172 valence electrons. The van der Waals surface area contributed by atoms with Crippen molar-refractivity contribution in [3.63, 3.8) is 0 Å². The van der Waals surface area contributed by atoms with Crippen molar-refractivity contribution < 1.29 is 9.53 Å². The average Bonchev–Trinajstić information content (AvgIpc) is 3.18. The number of aromatic amines is 1. The maximum absolute atomic E-state index is 12.0. The lowest BCUT2D eigenvalue weighted by Crippen LogP contribution is -2.43. The number of ether oxygens (including phenoxy) is 1. The maximum atomic E-state index is 12.0. The number of guanidine groups is 1. The fourth-order valence-corrected chi connectivity index (χ4v) is 3.73. The number of aryl methyl sites for hydroxylation is 1. The molecule has 0 saturated carbocycles. The van der Waals surface area contributed by atoms with E-state index >= 15 is 0 Å². The molecule has 2 heterocycles. The Morgan fingerprint density at radius 2 is 2.10 bits per heavy atom. The highest BCUT2D eigenvalue weighted by molar-refractivity contribution is 14.0. The highest BCUT2D eigenvalue weighted by Gasteiger charge is 2.14. The first-order valence-electron chi connectivity index (χ1n) is 11.0. The van der Waals surface area contributed by atoms with Gasteiger partial charge < -0.3 is 25.3 Å². The third kappa shape index (κ3) is 7.38.